The average Bonchev–Trinajstić information content (AvgIpc) is 2.44. The second-order valence-corrected chi connectivity index (χ2v) is 3.92. The zero-order valence-corrected chi connectivity index (χ0v) is 11.6. The lowest BCUT2D eigenvalue weighted by molar-refractivity contribution is 0.189. The van der Waals surface area contributed by atoms with Crippen LogP contribution in [-0.4, -0.2) is 31.3 Å². The summed E-state index contributed by atoms with van der Waals surface area (Å²) in [5, 5.41) is 10.0. The molecule has 0 aromatic heterocycles. The molecule has 0 radical (unpaired) electrons. The number of rotatable bonds is 4. The Morgan fingerprint density at radius 1 is 1.22 bits per heavy atom. The van der Waals surface area contributed by atoms with E-state index in [-0.39, 0.29) is 0 Å². The highest BCUT2D eigenvalue weighted by atomic mass is 16.5. The number of ether oxygens (including phenoxy) is 1. The monoisotopic (exact) mass is 249 g/mol. The lowest BCUT2D eigenvalue weighted by atomic mass is 10.2. The first-order valence-electron chi connectivity index (χ1n) is 6.66. The number of hydrogen-bond donors (Lipinski definition) is 0. The summed E-state index contributed by atoms with van der Waals surface area (Å²) in [4.78, 5) is 0. The zero-order valence-electron chi connectivity index (χ0n) is 11.6. The summed E-state index contributed by atoms with van der Waals surface area (Å²) in [5.41, 5.74) is 1.25. The van der Waals surface area contributed by atoms with Crippen molar-refractivity contribution in [2.45, 2.75) is 27.2 Å². The maximum absolute atomic E-state index is 5.62. The van der Waals surface area contributed by atoms with Crippen LogP contribution in [0.5, 0.6) is 5.75 Å². The molecule has 0 spiro atoms. The maximum Gasteiger partial charge on any atom is 0.119 e. The molecule has 2 rings (SSSR count). The predicted molar refractivity (Wildman–Crippen MR) is 73.9 cm³/mol. The molecule has 4 nitrogen and oxygen atoms in total. The van der Waals surface area contributed by atoms with Gasteiger partial charge in [0.2, 0.25) is 0 Å². The largest absolute Gasteiger partial charge is 0.492 e. The highest BCUT2D eigenvalue weighted by Gasteiger charge is 2.05. The van der Waals surface area contributed by atoms with Gasteiger partial charge in [-0.2, -0.15) is 5.11 Å². The number of nitrogens with zero attached hydrogens (tertiary/aromatic N) is 3. The Hall–Kier alpha value is -1.58. The van der Waals surface area contributed by atoms with Gasteiger partial charge in [-0.1, -0.05) is 36.8 Å². The summed E-state index contributed by atoms with van der Waals surface area (Å²) in [6.07, 6.45) is 1.09. The Labute approximate surface area is 110 Å². The molecule has 0 saturated heterocycles. The van der Waals surface area contributed by atoms with Gasteiger partial charge in [0.05, 0.1) is 13.1 Å². The molecular formula is C14H23N3O. The third kappa shape index (κ3) is 5.17. The van der Waals surface area contributed by atoms with E-state index in [4.69, 9.17) is 4.74 Å². The fourth-order valence-corrected chi connectivity index (χ4v) is 1.56. The number of hydrogen-bond acceptors (Lipinski definition) is 4. The zero-order chi connectivity index (χ0) is 13.2. The second-order valence-electron chi connectivity index (χ2n) is 3.92. The minimum atomic E-state index is 0.655. The predicted octanol–water partition coefficient (Wildman–Crippen LogP) is 3.47. The molecule has 18 heavy (non-hydrogen) atoms. The van der Waals surface area contributed by atoms with Gasteiger partial charge < -0.3 is 4.74 Å². The van der Waals surface area contributed by atoms with Gasteiger partial charge >= 0.3 is 0 Å². The lowest BCUT2D eigenvalue weighted by Gasteiger charge is -2.20. The summed E-state index contributed by atoms with van der Waals surface area (Å²) in [7, 11) is 0. The van der Waals surface area contributed by atoms with Crippen LogP contribution in [0.4, 0.5) is 0 Å². The molecule has 0 N–H and O–H groups in total. The van der Waals surface area contributed by atoms with E-state index < -0.39 is 0 Å². The van der Waals surface area contributed by atoms with E-state index in [2.05, 4.69) is 29.4 Å². The maximum atomic E-state index is 5.62. The van der Waals surface area contributed by atoms with Crippen LogP contribution in [0.25, 0.3) is 0 Å². The number of benzene rings is 1. The first-order chi connectivity index (χ1) is 8.84. The van der Waals surface area contributed by atoms with Crippen LogP contribution < -0.4 is 4.74 Å². The van der Waals surface area contributed by atoms with Crippen LogP contribution in [0, 0.1) is 6.92 Å². The average molecular weight is 249 g/mol. The molecule has 0 fully saturated rings. The van der Waals surface area contributed by atoms with Crippen molar-refractivity contribution in [3.05, 3.63) is 29.8 Å². The first-order valence-corrected chi connectivity index (χ1v) is 6.66. The van der Waals surface area contributed by atoms with Gasteiger partial charge in [-0.05, 0) is 25.5 Å². The molecule has 0 aliphatic carbocycles. The van der Waals surface area contributed by atoms with Gasteiger partial charge in [-0.15, -0.1) is 0 Å². The Kier molecular flexibility index (Phi) is 6.84. The van der Waals surface area contributed by atoms with E-state index in [0.717, 1.165) is 31.8 Å². The van der Waals surface area contributed by atoms with E-state index in [1.807, 2.05) is 31.0 Å². The van der Waals surface area contributed by atoms with Crippen molar-refractivity contribution in [1.29, 1.82) is 0 Å². The Morgan fingerprint density at radius 3 is 2.56 bits per heavy atom. The summed E-state index contributed by atoms with van der Waals surface area (Å²) in [6.45, 7) is 9.37. The normalized spacial score (nSPS) is 13.8. The van der Waals surface area contributed by atoms with Crippen molar-refractivity contribution in [3.8, 4) is 5.75 Å². The standard InChI is InChI=1S/C12H17N3O.C2H6/c1-11-3-5-12(6-4-11)16-10-9-15-8-2-7-13-14-15;1-2/h3-6H,2,7-10H2,1H3;1-2H3. The highest BCUT2D eigenvalue weighted by molar-refractivity contribution is 5.26. The Balaban J connectivity index is 0.000000771. The fraction of sp³-hybridized carbons (Fsp3) is 0.571. The summed E-state index contributed by atoms with van der Waals surface area (Å²) >= 11 is 0. The molecule has 1 aromatic carbocycles. The fourth-order valence-electron chi connectivity index (χ4n) is 1.56. The third-order valence-corrected chi connectivity index (χ3v) is 2.50. The summed E-state index contributed by atoms with van der Waals surface area (Å²) in [6, 6.07) is 8.09. The van der Waals surface area contributed by atoms with Crippen LogP contribution in [0.3, 0.4) is 0 Å². The van der Waals surface area contributed by atoms with E-state index in [1.54, 1.807) is 0 Å². The van der Waals surface area contributed by atoms with Crippen LogP contribution >= 0.6 is 0 Å². The van der Waals surface area contributed by atoms with Gasteiger partial charge in [0.25, 0.3) is 0 Å². The molecule has 1 aromatic rings. The molecule has 0 bridgehead atoms. The molecule has 1 aliphatic heterocycles. The molecule has 0 unspecified atom stereocenters. The molecule has 1 heterocycles. The molecule has 0 saturated carbocycles. The minimum Gasteiger partial charge on any atom is -0.492 e. The lowest BCUT2D eigenvalue weighted by Crippen LogP contribution is -2.26. The van der Waals surface area contributed by atoms with Crippen molar-refractivity contribution in [2.75, 3.05) is 26.2 Å². The molecule has 0 atom stereocenters. The van der Waals surface area contributed by atoms with Crippen molar-refractivity contribution in [3.63, 3.8) is 0 Å². The van der Waals surface area contributed by atoms with Crippen LogP contribution in [0.1, 0.15) is 25.8 Å². The van der Waals surface area contributed by atoms with Gasteiger partial charge in [-0.25, -0.2) is 0 Å². The third-order valence-electron chi connectivity index (χ3n) is 2.50. The van der Waals surface area contributed by atoms with E-state index in [9.17, 15) is 0 Å². The van der Waals surface area contributed by atoms with E-state index >= 15 is 0 Å². The smallest absolute Gasteiger partial charge is 0.119 e. The molecule has 100 valence electrons. The van der Waals surface area contributed by atoms with Crippen molar-refractivity contribution in [2.24, 2.45) is 10.3 Å². The SMILES string of the molecule is CC.Cc1ccc(OCCN2CCCN=N2)cc1. The van der Waals surface area contributed by atoms with Gasteiger partial charge in [0.15, 0.2) is 0 Å². The number of aryl methyl sites for hydroxylation is 1. The quantitative estimate of drug-likeness (QED) is 0.819. The van der Waals surface area contributed by atoms with Crippen molar-refractivity contribution in [1.82, 2.24) is 5.01 Å². The Bertz CT molecular complexity index is 349. The second kappa shape index (κ2) is 8.50. The Morgan fingerprint density at radius 2 is 1.94 bits per heavy atom. The van der Waals surface area contributed by atoms with Gasteiger partial charge in [-0.3, -0.25) is 5.01 Å². The van der Waals surface area contributed by atoms with Crippen LogP contribution in [-0.2, 0) is 0 Å². The topological polar surface area (TPSA) is 37.2 Å². The van der Waals surface area contributed by atoms with E-state index in [0.29, 0.717) is 6.61 Å². The minimum absolute atomic E-state index is 0.655. The van der Waals surface area contributed by atoms with Crippen LogP contribution in [0.15, 0.2) is 34.6 Å². The van der Waals surface area contributed by atoms with E-state index in [1.165, 1.54) is 5.56 Å². The van der Waals surface area contributed by atoms with Crippen molar-refractivity contribution >= 4 is 0 Å². The molecular weight excluding hydrogens is 226 g/mol. The first kappa shape index (κ1) is 14.5. The molecule has 1 aliphatic rings. The van der Waals surface area contributed by atoms with Crippen LogP contribution in [0.2, 0.25) is 0 Å². The molecule has 4 heteroatoms. The van der Waals surface area contributed by atoms with Gasteiger partial charge in [0, 0.05) is 6.54 Å². The summed E-state index contributed by atoms with van der Waals surface area (Å²) in [5.74, 6) is 0.916. The highest BCUT2D eigenvalue weighted by Crippen LogP contribution is 2.11. The summed E-state index contributed by atoms with van der Waals surface area (Å²) < 4.78 is 5.62. The van der Waals surface area contributed by atoms with Gasteiger partial charge in [0.1, 0.15) is 12.4 Å². The molecule has 0 amide bonds. The van der Waals surface area contributed by atoms with Crippen molar-refractivity contribution < 1.29 is 4.74 Å².